The Morgan fingerprint density at radius 2 is 1.64 bits per heavy atom. The molecule has 0 aromatic rings. The molecule has 148 valence electrons. The van der Waals surface area contributed by atoms with E-state index in [2.05, 4.69) is 24.5 Å². The quantitative estimate of drug-likeness (QED) is 0.328. The molecular formula is C17H37N5O3. The smallest absolute Gasteiger partial charge is 0.240 e. The largest absolute Gasteiger partial charge is 0.368 e. The predicted octanol–water partition coefficient (Wildman–Crippen LogP) is -0.00860. The monoisotopic (exact) mass is 359 g/mol. The summed E-state index contributed by atoms with van der Waals surface area (Å²) in [7, 11) is 0. The van der Waals surface area contributed by atoms with Gasteiger partial charge in [0.05, 0.1) is 12.6 Å². The first kappa shape index (κ1) is 25.6. The van der Waals surface area contributed by atoms with Crippen molar-refractivity contribution in [1.29, 1.82) is 0 Å². The second-order valence-electron chi connectivity index (χ2n) is 6.47. The Morgan fingerprint density at radius 3 is 2.08 bits per heavy atom. The number of amides is 3. The van der Waals surface area contributed by atoms with Gasteiger partial charge in [0.2, 0.25) is 17.7 Å². The summed E-state index contributed by atoms with van der Waals surface area (Å²) in [5.41, 5.74) is 16.3. The molecule has 0 saturated heterocycles. The average molecular weight is 360 g/mol. The maximum atomic E-state index is 11.7. The van der Waals surface area contributed by atoms with Gasteiger partial charge in [-0.05, 0) is 31.7 Å². The molecule has 0 rings (SSSR count). The number of rotatable bonds is 11. The number of hydrogen-bond acceptors (Lipinski definition) is 5. The first-order chi connectivity index (χ1) is 11.7. The van der Waals surface area contributed by atoms with Crippen molar-refractivity contribution in [3.8, 4) is 0 Å². The van der Waals surface area contributed by atoms with Crippen LogP contribution in [0.15, 0.2) is 0 Å². The van der Waals surface area contributed by atoms with Gasteiger partial charge in [-0.25, -0.2) is 0 Å². The normalized spacial score (nSPS) is 12.6. The van der Waals surface area contributed by atoms with Gasteiger partial charge in [0, 0.05) is 0 Å². The molecule has 25 heavy (non-hydrogen) atoms. The van der Waals surface area contributed by atoms with Crippen molar-refractivity contribution in [2.45, 2.75) is 71.9 Å². The van der Waals surface area contributed by atoms with Crippen LogP contribution in [0.2, 0.25) is 0 Å². The summed E-state index contributed by atoms with van der Waals surface area (Å²) in [6, 6.07) is -1.40. The van der Waals surface area contributed by atoms with Crippen LogP contribution in [0, 0.1) is 5.92 Å². The summed E-state index contributed by atoms with van der Waals surface area (Å²) < 4.78 is 0. The summed E-state index contributed by atoms with van der Waals surface area (Å²) in [5.74, 6) is -1.24. The van der Waals surface area contributed by atoms with E-state index in [9.17, 15) is 14.4 Å². The van der Waals surface area contributed by atoms with Crippen molar-refractivity contribution in [3.05, 3.63) is 0 Å². The number of nitrogens with two attached hydrogens (primary N) is 3. The van der Waals surface area contributed by atoms with Crippen LogP contribution in [-0.2, 0) is 14.4 Å². The van der Waals surface area contributed by atoms with Crippen molar-refractivity contribution in [2.24, 2.45) is 23.1 Å². The molecule has 0 aromatic carbocycles. The molecule has 0 saturated carbocycles. The number of unbranched alkanes of at least 4 members (excludes halogenated alkanes) is 1. The highest BCUT2D eigenvalue weighted by Gasteiger charge is 2.20. The van der Waals surface area contributed by atoms with Crippen molar-refractivity contribution in [3.63, 3.8) is 0 Å². The number of carbonyl (C=O) groups is 3. The summed E-state index contributed by atoms with van der Waals surface area (Å²) in [4.78, 5) is 34.7. The topological polar surface area (TPSA) is 153 Å². The van der Waals surface area contributed by atoms with E-state index in [0.717, 1.165) is 12.8 Å². The van der Waals surface area contributed by atoms with Gasteiger partial charge in [-0.2, -0.15) is 0 Å². The lowest BCUT2D eigenvalue weighted by Crippen LogP contribution is -2.50. The standard InChI is InChI=1S/C14H29N5O3.C3H8/c1-9(2)7-11(13(17)21)19-12(20)8-18-14(22)10(16)5-3-4-6-15;1-3-2/h9-11H,3-8,15-16H2,1-2H3,(H2,17,21)(H,18,22)(H,19,20);3H2,1-2H3/t10-,11-;/m0./s1. The van der Waals surface area contributed by atoms with E-state index < -0.39 is 29.8 Å². The molecule has 0 aliphatic heterocycles. The van der Waals surface area contributed by atoms with Crippen molar-refractivity contribution in [2.75, 3.05) is 13.1 Å². The first-order valence-electron chi connectivity index (χ1n) is 9.01. The lowest BCUT2D eigenvalue weighted by molar-refractivity contribution is -0.129. The Balaban J connectivity index is 0. The third-order valence-corrected chi connectivity index (χ3v) is 3.11. The predicted molar refractivity (Wildman–Crippen MR) is 100 cm³/mol. The van der Waals surface area contributed by atoms with Gasteiger partial charge in [-0.1, -0.05) is 40.5 Å². The Labute approximate surface area is 151 Å². The zero-order chi connectivity index (χ0) is 19.8. The molecule has 8 N–H and O–H groups in total. The SMILES string of the molecule is CC(C)C[C@H](NC(=O)CNC(=O)[C@@H](N)CCCCN)C(N)=O.CCC. The van der Waals surface area contributed by atoms with Crippen LogP contribution in [-0.4, -0.2) is 42.9 Å². The Kier molecular flexibility index (Phi) is 16.2. The van der Waals surface area contributed by atoms with Crippen LogP contribution in [0.3, 0.4) is 0 Å². The Morgan fingerprint density at radius 1 is 1.08 bits per heavy atom. The zero-order valence-electron chi connectivity index (χ0n) is 16.1. The molecule has 0 aliphatic rings. The highest BCUT2D eigenvalue weighted by atomic mass is 16.2. The molecule has 0 bridgehead atoms. The van der Waals surface area contributed by atoms with Gasteiger partial charge < -0.3 is 27.8 Å². The Bertz CT molecular complexity index is 388. The van der Waals surface area contributed by atoms with Gasteiger partial charge in [0.25, 0.3) is 0 Å². The minimum absolute atomic E-state index is 0.211. The molecule has 0 heterocycles. The van der Waals surface area contributed by atoms with Crippen molar-refractivity contribution >= 4 is 17.7 Å². The number of nitrogens with one attached hydrogen (secondary N) is 2. The number of hydrogen-bond donors (Lipinski definition) is 5. The number of primary amides is 1. The van der Waals surface area contributed by atoms with Crippen LogP contribution < -0.4 is 27.8 Å². The van der Waals surface area contributed by atoms with Gasteiger partial charge in [0.15, 0.2) is 0 Å². The molecule has 2 atom stereocenters. The maximum Gasteiger partial charge on any atom is 0.240 e. The van der Waals surface area contributed by atoms with E-state index in [1.165, 1.54) is 6.42 Å². The fourth-order valence-electron chi connectivity index (χ4n) is 1.90. The molecular weight excluding hydrogens is 322 g/mol. The van der Waals surface area contributed by atoms with Gasteiger partial charge in [0.1, 0.15) is 6.04 Å². The Hall–Kier alpha value is -1.67. The summed E-state index contributed by atoms with van der Waals surface area (Å²) in [6.45, 7) is 8.42. The van der Waals surface area contributed by atoms with E-state index in [1.807, 2.05) is 13.8 Å². The zero-order valence-corrected chi connectivity index (χ0v) is 16.1. The summed E-state index contributed by atoms with van der Waals surface area (Å²) >= 11 is 0. The lowest BCUT2D eigenvalue weighted by atomic mass is 10.0. The highest BCUT2D eigenvalue weighted by molar-refractivity contribution is 5.90. The molecule has 8 heteroatoms. The van der Waals surface area contributed by atoms with Crippen LogP contribution in [0.5, 0.6) is 0 Å². The van der Waals surface area contributed by atoms with Crippen LogP contribution in [0.1, 0.15) is 59.8 Å². The minimum atomic E-state index is -0.734. The fourth-order valence-corrected chi connectivity index (χ4v) is 1.90. The molecule has 0 fully saturated rings. The molecule has 0 aliphatic carbocycles. The maximum absolute atomic E-state index is 11.7. The van der Waals surface area contributed by atoms with Crippen LogP contribution >= 0.6 is 0 Å². The molecule has 0 radical (unpaired) electrons. The third kappa shape index (κ3) is 15.6. The van der Waals surface area contributed by atoms with Crippen molar-refractivity contribution < 1.29 is 14.4 Å². The molecule has 0 unspecified atom stereocenters. The molecule has 3 amide bonds. The average Bonchev–Trinajstić information content (AvgIpc) is 2.52. The summed E-state index contributed by atoms with van der Waals surface area (Å²) in [5, 5.41) is 4.96. The van der Waals surface area contributed by atoms with E-state index in [0.29, 0.717) is 19.4 Å². The first-order valence-corrected chi connectivity index (χ1v) is 9.01. The lowest BCUT2D eigenvalue weighted by Gasteiger charge is -2.18. The highest BCUT2D eigenvalue weighted by Crippen LogP contribution is 2.04. The van der Waals surface area contributed by atoms with Crippen molar-refractivity contribution in [1.82, 2.24) is 10.6 Å². The van der Waals surface area contributed by atoms with Crippen LogP contribution in [0.25, 0.3) is 0 Å². The number of carbonyl (C=O) groups excluding carboxylic acids is 3. The van der Waals surface area contributed by atoms with Gasteiger partial charge >= 0.3 is 0 Å². The second-order valence-corrected chi connectivity index (χ2v) is 6.47. The van der Waals surface area contributed by atoms with Gasteiger partial charge in [-0.3, -0.25) is 14.4 Å². The third-order valence-electron chi connectivity index (χ3n) is 3.11. The van der Waals surface area contributed by atoms with E-state index >= 15 is 0 Å². The summed E-state index contributed by atoms with van der Waals surface area (Å²) in [6.07, 6.45) is 3.78. The minimum Gasteiger partial charge on any atom is -0.368 e. The van der Waals surface area contributed by atoms with Crippen LogP contribution in [0.4, 0.5) is 0 Å². The molecule has 8 nitrogen and oxygen atoms in total. The van der Waals surface area contributed by atoms with E-state index in [4.69, 9.17) is 17.2 Å². The second kappa shape index (κ2) is 15.8. The van der Waals surface area contributed by atoms with Gasteiger partial charge in [-0.15, -0.1) is 0 Å². The fraction of sp³-hybridized carbons (Fsp3) is 0.824. The van der Waals surface area contributed by atoms with E-state index in [-0.39, 0.29) is 12.5 Å². The van der Waals surface area contributed by atoms with E-state index in [1.54, 1.807) is 0 Å². The molecule has 0 spiro atoms. The molecule has 0 aromatic heterocycles.